The van der Waals surface area contributed by atoms with E-state index >= 15 is 0 Å². The zero-order valence-corrected chi connectivity index (χ0v) is 22.6. The Morgan fingerprint density at radius 1 is 1.05 bits per heavy atom. The van der Waals surface area contributed by atoms with E-state index in [1.807, 2.05) is 0 Å². The van der Waals surface area contributed by atoms with Gasteiger partial charge < -0.3 is 19.8 Å². The van der Waals surface area contributed by atoms with Crippen LogP contribution in [0.25, 0.3) is 0 Å². The summed E-state index contributed by atoms with van der Waals surface area (Å²) in [5, 5.41) is 10.6. The second kappa shape index (κ2) is 12.3. The first-order chi connectivity index (χ1) is 17.9. The van der Waals surface area contributed by atoms with Crippen LogP contribution >= 0.6 is 11.6 Å². The lowest BCUT2D eigenvalue weighted by Gasteiger charge is -2.34. The number of unbranched alkanes of at least 4 members (excludes halogenated alkanes) is 1. The molecule has 0 radical (unpaired) electrons. The van der Waals surface area contributed by atoms with Crippen molar-refractivity contribution in [3.63, 3.8) is 0 Å². The number of alkyl halides is 3. The molecule has 11 heteroatoms. The molecule has 1 unspecified atom stereocenters. The molecule has 1 aromatic heterocycles. The van der Waals surface area contributed by atoms with E-state index < -0.39 is 23.2 Å². The fourth-order valence-electron chi connectivity index (χ4n) is 4.70. The summed E-state index contributed by atoms with van der Waals surface area (Å²) >= 11 is 6.25. The third kappa shape index (κ3) is 6.58. The quantitative estimate of drug-likeness (QED) is 0.358. The topological polar surface area (TPSA) is 77.0 Å². The van der Waals surface area contributed by atoms with E-state index in [2.05, 4.69) is 9.88 Å². The normalized spacial score (nSPS) is 16.2. The second-order valence-electron chi connectivity index (χ2n) is 9.93. The Balaban J connectivity index is 1.47. The lowest BCUT2D eigenvalue weighted by molar-refractivity contribution is -0.261. The maximum absolute atomic E-state index is 13.8. The van der Waals surface area contributed by atoms with Gasteiger partial charge in [0.25, 0.3) is 17.4 Å². The van der Waals surface area contributed by atoms with Gasteiger partial charge in [0.2, 0.25) is 0 Å². The number of amides is 2. The summed E-state index contributed by atoms with van der Waals surface area (Å²) < 4.78 is 41.3. The van der Waals surface area contributed by atoms with Crippen molar-refractivity contribution in [2.45, 2.75) is 43.9 Å². The van der Waals surface area contributed by atoms with Crippen molar-refractivity contribution in [2.75, 3.05) is 45.7 Å². The number of pyridine rings is 1. The van der Waals surface area contributed by atoms with Crippen LogP contribution in [0.1, 0.15) is 48.0 Å². The number of carbonyl (C=O) groups is 2. The number of aliphatic hydroxyl groups is 1. The van der Waals surface area contributed by atoms with Crippen molar-refractivity contribution in [3.05, 3.63) is 58.7 Å². The molecule has 3 rings (SSSR count). The summed E-state index contributed by atoms with van der Waals surface area (Å²) in [6, 6.07) is 9.93. The van der Waals surface area contributed by atoms with E-state index in [1.54, 1.807) is 26.2 Å². The molecule has 38 heavy (non-hydrogen) atoms. The molecule has 2 amide bonds. The summed E-state index contributed by atoms with van der Waals surface area (Å²) in [6.45, 7) is 1.68. The fraction of sp³-hybridized carbons (Fsp3) is 0.519. The molecule has 0 spiro atoms. The molecule has 1 aromatic carbocycles. The van der Waals surface area contributed by atoms with Crippen molar-refractivity contribution in [1.29, 1.82) is 0 Å². The van der Waals surface area contributed by atoms with E-state index in [1.165, 1.54) is 30.1 Å². The van der Waals surface area contributed by atoms with Crippen molar-refractivity contribution in [2.24, 2.45) is 5.92 Å². The predicted molar refractivity (Wildman–Crippen MR) is 140 cm³/mol. The lowest BCUT2D eigenvalue weighted by Crippen LogP contribution is -2.55. The molecule has 2 heterocycles. The van der Waals surface area contributed by atoms with Gasteiger partial charge in [-0.15, -0.1) is 0 Å². The van der Waals surface area contributed by atoms with Gasteiger partial charge >= 0.3 is 6.18 Å². The van der Waals surface area contributed by atoms with Gasteiger partial charge in [-0.1, -0.05) is 54.8 Å². The van der Waals surface area contributed by atoms with Gasteiger partial charge in [-0.25, -0.2) is 4.98 Å². The Bertz CT molecular complexity index is 1110. The first-order valence-corrected chi connectivity index (χ1v) is 13.0. The number of carbonyl (C=O) groups excluding carboxylic acids is 2. The van der Waals surface area contributed by atoms with Crippen LogP contribution < -0.4 is 4.90 Å². The minimum absolute atomic E-state index is 0.114. The molecule has 1 atom stereocenters. The largest absolute Gasteiger partial charge is 0.430 e. The number of aromatic nitrogens is 1. The smallest absolute Gasteiger partial charge is 0.369 e. The van der Waals surface area contributed by atoms with E-state index in [-0.39, 0.29) is 17.6 Å². The first kappa shape index (κ1) is 29.7. The molecule has 1 aliphatic rings. The van der Waals surface area contributed by atoms with Crippen LogP contribution in [0.3, 0.4) is 0 Å². The van der Waals surface area contributed by atoms with E-state index in [0.29, 0.717) is 17.9 Å². The lowest BCUT2D eigenvalue weighted by atomic mass is 9.90. The molecule has 1 aliphatic heterocycles. The van der Waals surface area contributed by atoms with Gasteiger partial charge in [-0.05, 0) is 37.3 Å². The molecular formula is C27H34ClF3N4O3. The van der Waals surface area contributed by atoms with Crippen LogP contribution in [0.5, 0.6) is 0 Å². The van der Waals surface area contributed by atoms with Crippen LogP contribution in [-0.2, 0) is 10.4 Å². The molecule has 1 fully saturated rings. The van der Waals surface area contributed by atoms with E-state index in [0.717, 1.165) is 61.6 Å². The third-order valence-electron chi connectivity index (χ3n) is 7.02. The molecule has 2 aromatic rings. The Hall–Kier alpha value is -2.85. The zero-order chi connectivity index (χ0) is 28.1. The molecule has 0 bridgehead atoms. The Morgan fingerprint density at radius 2 is 1.68 bits per heavy atom. The third-order valence-corrected chi connectivity index (χ3v) is 7.31. The minimum Gasteiger partial charge on any atom is -0.369 e. The number of halogens is 4. The van der Waals surface area contributed by atoms with Gasteiger partial charge in [-0.3, -0.25) is 9.59 Å². The minimum atomic E-state index is -5.14. The van der Waals surface area contributed by atoms with Gasteiger partial charge in [-0.2, -0.15) is 13.2 Å². The summed E-state index contributed by atoms with van der Waals surface area (Å²) in [7, 11) is 4.59. The van der Waals surface area contributed by atoms with Crippen LogP contribution in [0.15, 0.2) is 42.5 Å². The number of hydrogen-bond acceptors (Lipinski definition) is 5. The van der Waals surface area contributed by atoms with Gasteiger partial charge in [0.05, 0.1) is 5.56 Å². The highest BCUT2D eigenvalue weighted by atomic mass is 35.5. The fourth-order valence-corrected chi connectivity index (χ4v) is 4.93. The number of anilines is 1. The maximum Gasteiger partial charge on any atom is 0.430 e. The maximum atomic E-state index is 13.8. The average Bonchev–Trinajstić information content (AvgIpc) is 2.89. The molecule has 0 saturated carbocycles. The summed E-state index contributed by atoms with van der Waals surface area (Å²) in [5.74, 6) is -0.412. The highest BCUT2D eigenvalue weighted by molar-refractivity contribution is 6.32. The average molecular weight is 555 g/mol. The van der Waals surface area contributed by atoms with Crippen LogP contribution in [-0.4, -0.2) is 78.7 Å². The highest BCUT2D eigenvalue weighted by Crippen LogP contribution is 2.40. The second-order valence-corrected chi connectivity index (χ2v) is 10.3. The van der Waals surface area contributed by atoms with Crippen LogP contribution in [0.2, 0.25) is 5.15 Å². The standard InChI is InChI=1S/C27H34ClF3N4O3/c1-33(2)24(36)21-12-13-22(32-23(21)28)35-17-14-19(15-18-35)9-7-8-16-34(3)25(37)26(38,27(29,30)31)20-10-5-4-6-11-20/h4-6,10-13,19,38H,7-9,14-18H2,1-3H3. The van der Waals surface area contributed by atoms with E-state index in [4.69, 9.17) is 11.6 Å². The molecular weight excluding hydrogens is 521 g/mol. The Labute approximate surface area is 226 Å². The summed E-state index contributed by atoms with van der Waals surface area (Å²) in [4.78, 5) is 33.8. The summed E-state index contributed by atoms with van der Waals surface area (Å²) in [5.41, 5.74) is -3.72. The van der Waals surface area contributed by atoms with Crippen LogP contribution in [0, 0.1) is 5.92 Å². The highest BCUT2D eigenvalue weighted by Gasteiger charge is 2.61. The number of piperidine rings is 1. The number of rotatable bonds is 9. The summed E-state index contributed by atoms with van der Waals surface area (Å²) in [6.07, 6.45) is -1.12. The van der Waals surface area contributed by atoms with Gasteiger partial charge in [0.15, 0.2) is 0 Å². The monoisotopic (exact) mass is 554 g/mol. The van der Waals surface area contributed by atoms with Crippen molar-refractivity contribution in [3.8, 4) is 0 Å². The number of hydrogen-bond donors (Lipinski definition) is 1. The van der Waals surface area contributed by atoms with Crippen molar-refractivity contribution >= 4 is 29.2 Å². The van der Waals surface area contributed by atoms with Crippen molar-refractivity contribution < 1.29 is 27.9 Å². The molecule has 0 aliphatic carbocycles. The molecule has 1 N–H and O–H groups in total. The first-order valence-electron chi connectivity index (χ1n) is 12.6. The van der Waals surface area contributed by atoms with Gasteiger partial charge in [0.1, 0.15) is 11.0 Å². The SMILES string of the molecule is CN(C)C(=O)c1ccc(N2CCC(CCCCN(C)C(=O)C(O)(c3ccccc3)C(F)(F)F)CC2)nc1Cl. The van der Waals surface area contributed by atoms with Gasteiger partial charge in [0, 0.05) is 46.3 Å². The molecule has 7 nitrogen and oxygen atoms in total. The zero-order valence-electron chi connectivity index (χ0n) is 21.8. The number of benzene rings is 1. The Kier molecular flexibility index (Phi) is 9.64. The molecule has 1 saturated heterocycles. The predicted octanol–water partition coefficient (Wildman–Crippen LogP) is 4.73. The van der Waals surface area contributed by atoms with Crippen molar-refractivity contribution in [1.82, 2.24) is 14.8 Å². The number of nitrogens with zero attached hydrogens (tertiary/aromatic N) is 4. The molecule has 208 valence electrons. The van der Waals surface area contributed by atoms with E-state index in [9.17, 15) is 27.9 Å². The van der Waals surface area contributed by atoms with Crippen LogP contribution in [0.4, 0.5) is 19.0 Å². The number of likely N-dealkylation sites (N-methyl/N-ethyl adjacent to an activating group) is 1. The Morgan fingerprint density at radius 3 is 2.24 bits per heavy atom.